The number of hydrogen-bond donors (Lipinski definition) is 0. The Hall–Kier alpha value is 0.202. The number of rotatable bonds is 5. The van der Waals surface area contributed by atoms with Gasteiger partial charge in [-0.05, 0) is 63.5 Å². The molecule has 0 N–H and O–H groups in total. The third-order valence-electron chi connectivity index (χ3n) is 6.27. The normalized spacial score (nSPS) is 19.5. The average Bonchev–Trinajstić information content (AvgIpc) is 2.75. The summed E-state index contributed by atoms with van der Waals surface area (Å²) in [5.74, 6) is 2.02. The van der Waals surface area contributed by atoms with Crippen LogP contribution in [0.3, 0.4) is 0 Å². The molecule has 0 radical (unpaired) electrons. The molecule has 0 saturated heterocycles. The Morgan fingerprint density at radius 2 is 1.23 bits per heavy atom. The van der Waals surface area contributed by atoms with Crippen molar-refractivity contribution in [2.45, 2.75) is 75.5 Å². The van der Waals surface area contributed by atoms with Crippen molar-refractivity contribution in [2.24, 2.45) is 0 Å². The van der Waals surface area contributed by atoms with Gasteiger partial charge in [0, 0.05) is 11.3 Å². The molecule has 2 aliphatic carbocycles. The molecule has 0 unspecified atom stereocenters. The van der Waals surface area contributed by atoms with Crippen LogP contribution in [0.2, 0.25) is 0 Å². The number of methoxy groups -OCH3 is 2. The second-order valence-electron chi connectivity index (χ2n) is 7.53. The van der Waals surface area contributed by atoms with Gasteiger partial charge in [0.05, 0.1) is 14.2 Å². The molecule has 0 aromatic heterocycles. The molecule has 0 atom stereocenters. The van der Waals surface area contributed by atoms with Gasteiger partial charge in [0.25, 0.3) is 0 Å². The zero-order valence-electron chi connectivity index (χ0n) is 16.1. The topological polar surface area (TPSA) is 18.5 Å². The SMILES string of the molecule is [CH2-][P+](c1c(OC)cccc1OC)(C1CCCCC1)C1CCCCC1.[Cl][Pd+]. The van der Waals surface area contributed by atoms with Gasteiger partial charge in [0.1, 0.15) is 5.30 Å². The first kappa shape index (κ1) is 22.5. The van der Waals surface area contributed by atoms with Crippen molar-refractivity contribution in [3.8, 4) is 11.5 Å². The fraction of sp³-hybridized carbons (Fsp3) is 0.667. The van der Waals surface area contributed by atoms with Crippen LogP contribution >= 0.6 is 16.8 Å². The van der Waals surface area contributed by atoms with E-state index >= 15 is 0 Å². The fourth-order valence-electron chi connectivity index (χ4n) is 4.99. The molecule has 0 aliphatic heterocycles. The molecule has 2 fully saturated rings. The Morgan fingerprint density at radius 1 is 0.846 bits per heavy atom. The van der Waals surface area contributed by atoms with Crippen LogP contribution in [0, 0.1) is 6.66 Å². The molecule has 2 saturated carbocycles. The van der Waals surface area contributed by atoms with E-state index in [0.29, 0.717) is 0 Å². The third-order valence-corrected chi connectivity index (χ3v) is 11.2. The monoisotopic (exact) mass is 489 g/mol. The van der Waals surface area contributed by atoms with Gasteiger partial charge in [-0.2, -0.15) is 6.66 Å². The molecule has 0 spiro atoms. The summed E-state index contributed by atoms with van der Waals surface area (Å²) >= 11 is 2.22. The molecule has 3 rings (SSSR count). The number of hydrogen-bond acceptors (Lipinski definition) is 2. The van der Waals surface area contributed by atoms with Crippen molar-refractivity contribution < 1.29 is 27.7 Å². The van der Waals surface area contributed by atoms with Crippen LogP contribution in [0.4, 0.5) is 0 Å². The van der Waals surface area contributed by atoms with E-state index in [0.717, 1.165) is 22.8 Å². The summed E-state index contributed by atoms with van der Waals surface area (Å²) in [5, 5.41) is 1.34. The molecule has 0 heterocycles. The van der Waals surface area contributed by atoms with Crippen molar-refractivity contribution in [3.05, 3.63) is 24.9 Å². The summed E-state index contributed by atoms with van der Waals surface area (Å²) in [6.45, 7) is 5.06. The van der Waals surface area contributed by atoms with Gasteiger partial charge in [-0.15, -0.1) is 0 Å². The zero-order chi connectivity index (χ0) is 19.0. The van der Waals surface area contributed by atoms with Crippen LogP contribution in [-0.2, 0) is 18.2 Å². The van der Waals surface area contributed by atoms with Crippen LogP contribution in [0.5, 0.6) is 11.5 Å². The van der Waals surface area contributed by atoms with E-state index in [2.05, 4.69) is 39.8 Å². The van der Waals surface area contributed by atoms with Gasteiger partial charge < -0.3 is 9.47 Å². The summed E-state index contributed by atoms with van der Waals surface area (Å²) in [5.41, 5.74) is 1.50. The first-order valence-corrected chi connectivity index (χ1v) is 13.9. The molecule has 0 amide bonds. The van der Waals surface area contributed by atoms with E-state index in [1.165, 1.54) is 69.5 Å². The predicted octanol–water partition coefficient (Wildman–Crippen LogP) is 6.49. The van der Waals surface area contributed by atoms with Crippen LogP contribution < -0.4 is 14.8 Å². The summed E-state index contributed by atoms with van der Waals surface area (Å²) in [6, 6.07) is 6.28. The minimum atomic E-state index is -1.58. The van der Waals surface area contributed by atoms with E-state index < -0.39 is 7.26 Å². The summed E-state index contributed by atoms with van der Waals surface area (Å²) < 4.78 is 11.6. The summed E-state index contributed by atoms with van der Waals surface area (Å²) in [7, 11) is 6.50. The molecule has 150 valence electrons. The first-order chi connectivity index (χ1) is 12.7. The maximum atomic E-state index is 5.82. The average molecular weight is 490 g/mol. The molecule has 5 heteroatoms. The standard InChI is InChI=1S/C21H33O2P.ClH.Pd/c1-22-19-15-10-16-20(23-2)21(19)24(3,17-11-6-4-7-12-17)18-13-8-5-9-14-18;;/h10,15-18H,3-9,11-14H2,1-2H3;1H;/q;;+2/p-1. The second kappa shape index (κ2) is 11.3. The van der Waals surface area contributed by atoms with Gasteiger partial charge in [0.15, 0.2) is 11.5 Å². The molecule has 0 bridgehead atoms. The van der Waals surface area contributed by atoms with Crippen molar-refractivity contribution in [1.82, 2.24) is 0 Å². The van der Waals surface area contributed by atoms with Gasteiger partial charge >= 0.3 is 27.7 Å². The van der Waals surface area contributed by atoms with Crippen molar-refractivity contribution in [2.75, 3.05) is 14.2 Å². The molecule has 1 aromatic rings. The quantitative estimate of drug-likeness (QED) is 0.267. The number of ether oxygens (including phenoxy) is 2. The van der Waals surface area contributed by atoms with Gasteiger partial charge in [-0.1, -0.05) is 26.2 Å². The van der Waals surface area contributed by atoms with Crippen LogP contribution in [0.1, 0.15) is 64.2 Å². The Morgan fingerprint density at radius 3 is 1.58 bits per heavy atom. The molecule has 2 nitrogen and oxygen atoms in total. The maximum absolute atomic E-state index is 5.82. The first-order valence-electron chi connectivity index (χ1n) is 9.78. The summed E-state index contributed by atoms with van der Waals surface area (Å²) in [6.07, 6.45) is 13.6. The zero-order valence-corrected chi connectivity index (χ0v) is 19.3. The second-order valence-corrected chi connectivity index (χ2v) is 11.3. The molecule has 26 heavy (non-hydrogen) atoms. The molecular weight excluding hydrogens is 457 g/mol. The Balaban J connectivity index is 0.00000117. The molecular formula is C21H33ClO2PPd+. The summed E-state index contributed by atoms with van der Waals surface area (Å²) in [4.78, 5) is 0. The van der Waals surface area contributed by atoms with Crippen LogP contribution in [0.25, 0.3) is 0 Å². The molecule has 1 aromatic carbocycles. The van der Waals surface area contributed by atoms with Gasteiger partial charge in [-0.25, -0.2) is 0 Å². The number of benzene rings is 1. The molecule has 2 aliphatic rings. The van der Waals surface area contributed by atoms with Gasteiger partial charge in [0.2, 0.25) is 0 Å². The predicted molar refractivity (Wildman–Crippen MR) is 111 cm³/mol. The van der Waals surface area contributed by atoms with Crippen molar-refractivity contribution >= 4 is 22.1 Å². The van der Waals surface area contributed by atoms with Crippen molar-refractivity contribution in [1.29, 1.82) is 0 Å². The van der Waals surface area contributed by atoms with E-state index in [-0.39, 0.29) is 0 Å². The Kier molecular flexibility index (Phi) is 9.74. The third kappa shape index (κ3) is 4.78. The van der Waals surface area contributed by atoms with Crippen LogP contribution in [-0.4, -0.2) is 25.5 Å². The Bertz CT molecular complexity index is 503. The van der Waals surface area contributed by atoms with Crippen LogP contribution in [0.15, 0.2) is 18.2 Å². The van der Waals surface area contributed by atoms with E-state index in [4.69, 9.17) is 16.1 Å². The van der Waals surface area contributed by atoms with Crippen molar-refractivity contribution in [3.63, 3.8) is 0 Å². The fourth-order valence-corrected chi connectivity index (χ4v) is 10.0. The Labute approximate surface area is 175 Å². The van der Waals surface area contributed by atoms with Gasteiger partial charge in [-0.3, -0.25) is 0 Å². The van der Waals surface area contributed by atoms with E-state index in [1.54, 1.807) is 14.2 Å². The van der Waals surface area contributed by atoms with E-state index in [1.807, 2.05) is 6.07 Å². The minimum absolute atomic E-state index is 0.750. The number of halogens is 1. The van der Waals surface area contributed by atoms with E-state index in [9.17, 15) is 0 Å².